The monoisotopic (exact) mass is 349 g/mol. The van der Waals surface area contributed by atoms with Crippen LogP contribution in [0.3, 0.4) is 0 Å². The number of ether oxygens (including phenoxy) is 2. The number of hydrogen-bond donors (Lipinski definition) is 1. The number of aliphatic hydroxyl groups excluding tert-OH is 1. The van der Waals surface area contributed by atoms with Crippen LogP contribution in [0.25, 0.3) is 0 Å². The standard InChI is InChI=1S/C16H28FNO6/c1-15(2,3)13(20)23-9-11(19)12(10(17)8-18-22-7)24-14(21)16(4,5)6/h8,10-12,19H,9H2,1-7H3/b18-8-/t10-,11-,12+/m1/s1. The molecule has 0 aliphatic carbocycles. The van der Waals surface area contributed by atoms with Crippen molar-refractivity contribution in [1.82, 2.24) is 0 Å². The third-order valence-corrected chi connectivity index (χ3v) is 2.85. The van der Waals surface area contributed by atoms with Gasteiger partial charge in [0.1, 0.15) is 19.8 Å². The van der Waals surface area contributed by atoms with Crippen LogP contribution in [0.15, 0.2) is 5.16 Å². The molecule has 0 saturated heterocycles. The van der Waals surface area contributed by atoms with Crippen molar-refractivity contribution in [2.75, 3.05) is 13.7 Å². The number of carbonyl (C=O) groups is 2. The number of esters is 2. The van der Waals surface area contributed by atoms with Crippen molar-refractivity contribution in [2.45, 2.75) is 59.9 Å². The molecule has 0 bridgehead atoms. The van der Waals surface area contributed by atoms with E-state index in [0.29, 0.717) is 0 Å². The number of oxime groups is 1. The van der Waals surface area contributed by atoms with Crippen molar-refractivity contribution in [2.24, 2.45) is 16.0 Å². The molecule has 0 aromatic rings. The molecule has 0 aromatic carbocycles. The van der Waals surface area contributed by atoms with Crippen LogP contribution < -0.4 is 0 Å². The third-order valence-electron chi connectivity index (χ3n) is 2.85. The first-order valence-electron chi connectivity index (χ1n) is 7.57. The summed E-state index contributed by atoms with van der Waals surface area (Å²) in [6, 6.07) is 0. The minimum atomic E-state index is -1.93. The minimum Gasteiger partial charge on any atom is -0.462 e. The van der Waals surface area contributed by atoms with Gasteiger partial charge in [0, 0.05) is 0 Å². The first-order valence-corrected chi connectivity index (χ1v) is 7.57. The van der Waals surface area contributed by atoms with Crippen LogP contribution in [0.1, 0.15) is 41.5 Å². The maximum absolute atomic E-state index is 14.2. The van der Waals surface area contributed by atoms with E-state index < -0.39 is 47.8 Å². The number of nitrogens with zero attached hydrogens (tertiary/aromatic N) is 1. The topological polar surface area (TPSA) is 94.4 Å². The van der Waals surface area contributed by atoms with E-state index in [1.165, 1.54) is 7.11 Å². The van der Waals surface area contributed by atoms with Crippen LogP contribution in [0, 0.1) is 10.8 Å². The second-order valence-corrected chi connectivity index (χ2v) is 7.42. The van der Waals surface area contributed by atoms with Gasteiger partial charge < -0.3 is 19.4 Å². The predicted octanol–water partition coefficient (Wildman–Crippen LogP) is 1.86. The third kappa shape index (κ3) is 7.72. The van der Waals surface area contributed by atoms with Crippen LogP contribution in [-0.4, -0.2) is 55.4 Å². The van der Waals surface area contributed by atoms with E-state index in [-0.39, 0.29) is 0 Å². The molecule has 0 saturated carbocycles. The van der Waals surface area contributed by atoms with Crippen molar-refractivity contribution in [3.8, 4) is 0 Å². The van der Waals surface area contributed by atoms with Gasteiger partial charge in [0.2, 0.25) is 0 Å². The van der Waals surface area contributed by atoms with E-state index in [1.54, 1.807) is 41.5 Å². The molecule has 0 spiro atoms. The van der Waals surface area contributed by atoms with Crippen molar-refractivity contribution in [3.63, 3.8) is 0 Å². The van der Waals surface area contributed by atoms with Crippen LogP contribution in [0.4, 0.5) is 4.39 Å². The highest BCUT2D eigenvalue weighted by Crippen LogP contribution is 2.20. The first-order chi connectivity index (χ1) is 10.8. The largest absolute Gasteiger partial charge is 0.462 e. The zero-order valence-electron chi connectivity index (χ0n) is 15.3. The Morgan fingerprint density at radius 1 is 1.12 bits per heavy atom. The molecular formula is C16H28FNO6. The minimum absolute atomic E-state index is 0.514. The second kappa shape index (κ2) is 8.96. The number of carbonyl (C=O) groups excluding carboxylic acids is 2. The lowest BCUT2D eigenvalue weighted by molar-refractivity contribution is -0.173. The molecule has 0 heterocycles. The molecule has 0 amide bonds. The van der Waals surface area contributed by atoms with Gasteiger partial charge in [-0.1, -0.05) is 5.16 Å². The van der Waals surface area contributed by atoms with Crippen molar-refractivity contribution in [1.29, 1.82) is 0 Å². The maximum atomic E-state index is 14.2. The van der Waals surface area contributed by atoms with Gasteiger partial charge in [0.05, 0.1) is 17.0 Å². The second-order valence-electron chi connectivity index (χ2n) is 7.42. The van der Waals surface area contributed by atoms with E-state index in [0.717, 1.165) is 6.21 Å². The van der Waals surface area contributed by atoms with E-state index in [2.05, 4.69) is 9.99 Å². The van der Waals surface area contributed by atoms with Crippen molar-refractivity contribution < 1.29 is 33.4 Å². The average Bonchev–Trinajstić information content (AvgIpc) is 2.44. The molecule has 140 valence electrons. The van der Waals surface area contributed by atoms with Crippen molar-refractivity contribution in [3.05, 3.63) is 0 Å². The van der Waals surface area contributed by atoms with Gasteiger partial charge in [0.25, 0.3) is 0 Å². The Kier molecular flexibility index (Phi) is 8.32. The lowest BCUT2D eigenvalue weighted by Crippen LogP contribution is -2.45. The summed E-state index contributed by atoms with van der Waals surface area (Å²) in [7, 11) is 1.22. The molecule has 3 atom stereocenters. The summed E-state index contributed by atoms with van der Waals surface area (Å²) in [6.07, 6.45) is -4.31. The Hall–Kier alpha value is -1.70. The normalized spacial score (nSPS) is 16.4. The van der Waals surface area contributed by atoms with Gasteiger partial charge in [-0.05, 0) is 41.5 Å². The number of alkyl halides is 1. The Balaban J connectivity index is 5.06. The zero-order chi connectivity index (χ0) is 19.1. The maximum Gasteiger partial charge on any atom is 0.311 e. The lowest BCUT2D eigenvalue weighted by atomic mass is 9.97. The highest BCUT2D eigenvalue weighted by atomic mass is 19.1. The molecule has 0 unspecified atom stereocenters. The van der Waals surface area contributed by atoms with Gasteiger partial charge in [-0.25, -0.2) is 4.39 Å². The Morgan fingerprint density at radius 2 is 1.62 bits per heavy atom. The van der Waals surface area contributed by atoms with Gasteiger partial charge in [-0.3, -0.25) is 9.59 Å². The lowest BCUT2D eigenvalue weighted by Gasteiger charge is -2.28. The SMILES string of the molecule is CO/N=C\[C@@H](F)[C@H](OC(=O)C(C)(C)C)[C@H](O)COC(=O)C(C)(C)C. The zero-order valence-corrected chi connectivity index (χ0v) is 15.3. The van der Waals surface area contributed by atoms with Gasteiger partial charge >= 0.3 is 11.9 Å². The van der Waals surface area contributed by atoms with Gasteiger partial charge in [0.15, 0.2) is 12.3 Å². The summed E-state index contributed by atoms with van der Waals surface area (Å²) in [4.78, 5) is 28.1. The molecular weight excluding hydrogens is 321 g/mol. The molecule has 24 heavy (non-hydrogen) atoms. The number of halogens is 1. The van der Waals surface area contributed by atoms with Crippen LogP contribution in [-0.2, 0) is 23.9 Å². The average molecular weight is 349 g/mol. The van der Waals surface area contributed by atoms with Crippen molar-refractivity contribution >= 4 is 18.2 Å². The molecule has 0 aliphatic heterocycles. The number of hydrogen-bond acceptors (Lipinski definition) is 7. The summed E-state index contributed by atoms with van der Waals surface area (Å²) in [5.41, 5.74) is -1.66. The number of aliphatic hydroxyl groups is 1. The molecule has 1 N–H and O–H groups in total. The van der Waals surface area contributed by atoms with E-state index in [1.807, 2.05) is 0 Å². The van der Waals surface area contributed by atoms with Gasteiger partial charge in [-0.15, -0.1) is 0 Å². The smallest absolute Gasteiger partial charge is 0.311 e. The summed E-state index contributed by atoms with van der Waals surface area (Å²) < 4.78 is 24.2. The van der Waals surface area contributed by atoms with Gasteiger partial charge in [-0.2, -0.15) is 0 Å². The molecule has 0 aromatic heterocycles. The fourth-order valence-corrected chi connectivity index (χ4v) is 1.33. The van der Waals surface area contributed by atoms with Crippen LogP contribution in [0.2, 0.25) is 0 Å². The fraction of sp³-hybridized carbons (Fsp3) is 0.812. The predicted molar refractivity (Wildman–Crippen MR) is 86.2 cm³/mol. The van der Waals surface area contributed by atoms with Crippen LogP contribution >= 0.6 is 0 Å². The molecule has 8 heteroatoms. The summed E-state index contributed by atoms with van der Waals surface area (Å²) in [5, 5.41) is 13.4. The molecule has 0 rings (SSSR count). The van der Waals surface area contributed by atoms with E-state index in [4.69, 9.17) is 9.47 Å². The summed E-state index contributed by atoms with van der Waals surface area (Å²) in [5.74, 6) is -1.27. The number of rotatable bonds is 7. The highest BCUT2D eigenvalue weighted by Gasteiger charge is 2.36. The molecule has 0 fully saturated rings. The Bertz CT molecular complexity index is 452. The van der Waals surface area contributed by atoms with E-state index in [9.17, 15) is 19.1 Å². The Labute approximate surface area is 142 Å². The van der Waals surface area contributed by atoms with E-state index >= 15 is 0 Å². The highest BCUT2D eigenvalue weighted by molar-refractivity contribution is 5.76. The molecule has 0 radical (unpaired) electrons. The summed E-state index contributed by atoms with van der Waals surface area (Å²) in [6.45, 7) is 9.18. The quantitative estimate of drug-likeness (QED) is 0.428. The molecule has 7 nitrogen and oxygen atoms in total. The molecule has 0 aliphatic rings. The summed E-state index contributed by atoms with van der Waals surface area (Å²) >= 11 is 0. The fourth-order valence-electron chi connectivity index (χ4n) is 1.33. The Morgan fingerprint density at radius 3 is 2.04 bits per heavy atom. The van der Waals surface area contributed by atoms with Crippen LogP contribution in [0.5, 0.6) is 0 Å². The first kappa shape index (κ1) is 22.3.